The van der Waals surface area contributed by atoms with Crippen LogP contribution in [-0.4, -0.2) is 16.7 Å². The number of hydrogen-bond acceptors (Lipinski definition) is 4. The predicted octanol–water partition coefficient (Wildman–Crippen LogP) is 3.58. The van der Waals surface area contributed by atoms with Crippen molar-refractivity contribution >= 4 is 15.9 Å². The van der Waals surface area contributed by atoms with Crippen molar-refractivity contribution in [3.05, 3.63) is 34.1 Å². The van der Waals surface area contributed by atoms with Crippen LogP contribution in [0.15, 0.2) is 27.2 Å². The molecule has 0 unspecified atom stereocenters. The summed E-state index contributed by atoms with van der Waals surface area (Å²) < 4.78 is 6.56. The van der Waals surface area contributed by atoms with E-state index in [4.69, 9.17) is 10.3 Å². The van der Waals surface area contributed by atoms with E-state index >= 15 is 0 Å². The molecule has 1 aliphatic rings. The van der Waals surface area contributed by atoms with Crippen molar-refractivity contribution in [1.82, 2.24) is 10.1 Å². The fourth-order valence-electron chi connectivity index (χ4n) is 2.85. The van der Waals surface area contributed by atoms with Gasteiger partial charge in [0.05, 0.1) is 5.41 Å². The topological polar surface area (TPSA) is 64.9 Å². The third-order valence-corrected chi connectivity index (χ3v) is 5.12. The van der Waals surface area contributed by atoms with E-state index in [0.29, 0.717) is 18.3 Å². The van der Waals surface area contributed by atoms with E-state index in [1.165, 1.54) is 18.4 Å². The molecule has 2 N–H and O–H groups in total. The Morgan fingerprint density at radius 3 is 2.75 bits per heavy atom. The normalized spacial score (nSPS) is 17.6. The van der Waals surface area contributed by atoms with Crippen LogP contribution >= 0.6 is 15.9 Å². The third-order valence-electron chi connectivity index (χ3n) is 4.26. The van der Waals surface area contributed by atoms with Crippen LogP contribution in [0, 0.1) is 6.92 Å². The van der Waals surface area contributed by atoms with Crippen LogP contribution in [-0.2, 0) is 5.41 Å². The van der Waals surface area contributed by atoms with Gasteiger partial charge in [-0.05, 0) is 31.4 Å². The first-order valence-corrected chi connectivity index (χ1v) is 7.75. The standard InChI is InChI=1S/C15H18BrN3O/c1-10-4-5-11(8-12(10)16)13-18-14(20-19-13)15(9-17)6-2-3-7-15/h4-5,8H,2-3,6-7,9,17H2,1H3. The van der Waals surface area contributed by atoms with Crippen molar-refractivity contribution in [2.45, 2.75) is 38.0 Å². The summed E-state index contributed by atoms with van der Waals surface area (Å²) in [5.41, 5.74) is 8.00. The third kappa shape index (κ3) is 2.29. The Bertz CT molecular complexity index is 617. The molecular formula is C15H18BrN3O. The highest BCUT2D eigenvalue weighted by Crippen LogP contribution is 2.40. The predicted molar refractivity (Wildman–Crippen MR) is 81.4 cm³/mol. The second kappa shape index (κ2) is 5.30. The molecule has 106 valence electrons. The number of aryl methyl sites for hydroxylation is 1. The molecule has 1 heterocycles. The van der Waals surface area contributed by atoms with Crippen LogP contribution in [0.4, 0.5) is 0 Å². The second-order valence-corrected chi connectivity index (χ2v) is 6.43. The largest absolute Gasteiger partial charge is 0.338 e. The molecule has 0 bridgehead atoms. The number of nitrogens with two attached hydrogens (primary N) is 1. The summed E-state index contributed by atoms with van der Waals surface area (Å²) in [7, 11) is 0. The zero-order chi connectivity index (χ0) is 14.2. The van der Waals surface area contributed by atoms with Crippen molar-refractivity contribution < 1.29 is 4.52 Å². The maximum Gasteiger partial charge on any atom is 0.234 e. The molecule has 0 atom stereocenters. The van der Waals surface area contributed by atoms with Gasteiger partial charge in [0, 0.05) is 16.6 Å². The Hall–Kier alpha value is -1.20. The first kappa shape index (κ1) is 13.8. The first-order chi connectivity index (χ1) is 9.64. The number of benzene rings is 1. The lowest BCUT2D eigenvalue weighted by molar-refractivity contribution is 0.284. The molecule has 4 nitrogen and oxygen atoms in total. The van der Waals surface area contributed by atoms with E-state index < -0.39 is 0 Å². The molecular weight excluding hydrogens is 318 g/mol. The lowest BCUT2D eigenvalue weighted by Gasteiger charge is -2.21. The molecule has 0 radical (unpaired) electrons. The molecule has 0 aliphatic heterocycles. The zero-order valence-corrected chi connectivity index (χ0v) is 13.1. The summed E-state index contributed by atoms with van der Waals surface area (Å²) >= 11 is 3.53. The summed E-state index contributed by atoms with van der Waals surface area (Å²) in [5.74, 6) is 1.34. The molecule has 1 aromatic heterocycles. The highest BCUT2D eigenvalue weighted by molar-refractivity contribution is 9.10. The lowest BCUT2D eigenvalue weighted by Crippen LogP contribution is -2.32. The van der Waals surface area contributed by atoms with Gasteiger partial charge in [0.2, 0.25) is 11.7 Å². The van der Waals surface area contributed by atoms with Crippen molar-refractivity contribution in [2.24, 2.45) is 5.73 Å². The van der Waals surface area contributed by atoms with Crippen LogP contribution in [0.5, 0.6) is 0 Å². The Kier molecular flexibility index (Phi) is 3.65. The maximum atomic E-state index is 5.96. The van der Waals surface area contributed by atoms with Gasteiger partial charge in [-0.3, -0.25) is 0 Å². The molecule has 0 saturated heterocycles. The lowest BCUT2D eigenvalue weighted by atomic mass is 9.86. The van der Waals surface area contributed by atoms with Crippen LogP contribution in [0.3, 0.4) is 0 Å². The fraction of sp³-hybridized carbons (Fsp3) is 0.467. The summed E-state index contributed by atoms with van der Waals surface area (Å²) in [6.07, 6.45) is 4.46. The van der Waals surface area contributed by atoms with E-state index in [1.807, 2.05) is 18.2 Å². The highest BCUT2D eigenvalue weighted by Gasteiger charge is 2.39. The van der Waals surface area contributed by atoms with E-state index in [9.17, 15) is 0 Å². The molecule has 3 rings (SSSR count). The molecule has 1 aromatic carbocycles. The summed E-state index contributed by atoms with van der Waals surface area (Å²) in [6, 6.07) is 6.08. The van der Waals surface area contributed by atoms with Crippen LogP contribution in [0.1, 0.15) is 37.1 Å². The van der Waals surface area contributed by atoms with E-state index in [2.05, 4.69) is 33.0 Å². The summed E-state index contributed by atoms with van der Waals surface area (Å²) in [5, 5.41) is 4.13. The van der Waals surface area contributed by atoms with Gasteiger partial charge in [-0.1, -0.05) is 46.1 Å². The first-order valence-electron chi connectivity index (χ1n) is 6.95. The van der Waals surface area contributed by atoms with Gasteiger partial charge in [0.25, 0.3) is 0 Å². The second-order valence-electron chi connectivity index (χ2n) is 5.58. The SMILES string of the molecule is Cc1ccc(-c2noc(C3(CN)CCCC3)n2)cc1Br. The van der Waals surface area contributed by atoms with E-state index in [0.717, 1.165) is 22.9 Å². The quantitative estimate of drug-likeness (QED) is 0.930. The number of nitrogens with zero attached hydrogens (tertiary/aromatic N) is 2. The van der Waals surface area contributed by atoms with Crippen molar-refractivity contribution in [3.63, 3.8) is 0 Å². The number of hydrogen-bond donors (Lipinski definition) is 1. The molecule has 0 amide bonds. The Morgan fingerprint density at radius 2 is 2.10 bits per heavy atom. The van der Waals surface area contributed by atoms with Crippen LogP contribution in [0.25, 0.3) is 11.4 Å². The number of aromatic nitrogens is 2. The fourth-order valence-corrected chi connectivity index (χ4v) is 3.22. The molecule has 0 spiro atoms. The van der Waals surface area contributed by atoms with E-state index in [1.54, 1.807) is 0 Å². The van der Waals surface area contributed by atoms with Crippen molar-refractivity contribution in [3.8, 4) is 11.4 Å². The molecule has 2 aromatic rings. The van der Waals surface area contributed by atoms with Gasteiger partial charge in [0.15, 0.2) is 0 Å². The average molecular weight is 336 g/mol. The zero-order valence-electron chi connectivity index (χ0n) is 11.5. The number of rotatable bonds is 3. The van der Waals surface area contributed by atoms with Gasteiger partial charge >= 0.3 is 0 Å². The average Bonchev–Trinajstić information content (AvgIpc) is 3.10. The monoisotopic (exact) mass is 335 g/mol. The van der Waals surface area contributed by atoms with Crippen molar-refractivity contribution in [2.75, 3.05) is 6.54 Å². The molecule has 20 heavy (non-hydrogen) atoms. The molecule has 5 heteroatoms. The van der Waals surface area contributed by atoms with Crippen LogP contribution in [0.2, 0.25) is 0 Å². The van der Waals surface area contributed by atoms with Gasteiger partial charge in [-0.25, -0.2) is 0 Å². The van der Waals surface area contributed by atoms with Crippen molar-refractivity contribution in [1.29, 1.82) is 0 Å². The maximum absolute atomic E-state index is 5.96. The minimum absolute atomic E-state index is 0.104. The summed E-state index contributed by atoms with van der Waals surface area (Å²) in [4.78, 5) is 4.60. The van der Waals surface area contributed by atoms with Gasteiger partial charge < -0.3 is 10.3 Å². The van der Waals surface area contributed by atoms with Gasteiger partial charge in [-0.2, -0.15) is 4.98 Å². The van der Waals surface area contributed by atoms with Crippen LogP contribution < -0.4 is 5.73 Å². The Morgan fingerprint density at radius 1 is 1.35 bits per heavy atom. The van der Waals surface area contributed by atoms with E-state index in [-0.39, 0.29) is 5.41 Å². The minimum Gasteiger partial charge on any atom is -0.338 e. The highest BCUT2D eigenvalue weighted by atomic mass is 79.9. The Labute approximate surface area is 126 Å². The molecule has 1 saturated carbocycles. The Balaban J connectivity index is 1.95. The van der Waals surface area contributed by atoms with Gasteiger partial charge in [-0.15, -0.1) is 0 Å². The molecule has 1 aliphatic carbocycles. The number of halogens is 1. The molecule has 1 fully saturated rings. The smallest absolute Gasteiger partial charge is 0.234 e. The summed E-state index contributed by atoms with van der Waals surface area (Å²) in [6.45, 7) is 2.63. The van der Waals surface area contributed by atoms with Gasteiger partial charge in [0.1, 0.15) is 0 Å². The minimum atomic E-state index is -0.104.